The second-order valence-corrected chi connectivity index (χ2v) is 10.3. The monoisotopic (exact) mass is 468 g/mol. The number of nitrogens with one attached hydrogen (secondary N) is 1. The highest BCUT2D eigenvalue weighted by Gasteiger charge is 2.38. The van der Waals surface area contributed by atoms with Crippen molar-refractivity contribution in [2.45, 2.75) is 77.4 Å². The minimum atomic E-state index is -0.375. The minimum absolute atomic E-state index is 0.0828. The van der Waals surface area contributed by atoms with Gasteiger partial charge in [-0.15, -0.1) is 5.10 Å². The average Bonchev–Trinajstić information content (AvgIpc) is 3.46. The fourth-order valence-corrected chi connectivity index (χ4v) is 6.06. The molecule has 2 aliphatic rings. The van der Waals surface area contributed by atoms with Gasteiger partial charge in [0.1, 0.15) is 6.04 Å². The molecule has 7 heteroatoms. The molecule has 4 aromatic rings. The molecular weight excluding hydrogens is 436 g/mol. The van der Waals surface area contributed by atoms with Crippen molar-refractivity contribution in [2.24, 2.45) is 0 Å². The van der Waals surface area contributed by atoms with Gasteiger partial charge in [0.25, 0.3) is 5.56 Å². The molecule has 6 rings (SSSR count). The van der Waals surface area contributed by atoms with Crippen LogP contribution >= 0.6 is 0 Å². The first-order chi connectivity index (χ1) is 17.0. The van der Waals surface area contributed by atoms with E-state index in [9.17, 15) is 4.79 Å². The van der Waals surface area contributed by atoms with E-state index >= 15 is 0 Å². The van der Waals surface area contributed by atoms with Crippen molar-refractivity contribution in [1.29, 1.82) is 0 Å². The maximum atomic E-state index is 13.7. The molecule has 1 aliphatic heterocycles. The number of hydrogen-bond donors (Lipinski definition) is 1. The Morgan fingerprint density at radius 1 is 1.03 bits per heavy atom. The number of tetrazole rings is 1. The van der Waals surface area contributed by atoms with Gasteiger partial charge in [-0.05, 0) is 96.8 Å². The van der Waals surface area contributed by atoms with Crippen LogP contribution in [0.5, 0.6) is 0 Å². The van der Waals surface area contributed by atoms with Crippen LogP contribution in [0.3, 0.4) is 0 Å². The summed E-state index contributed by atoms with van der Waals surface area (Å²) in [5, 5.41) is 14.2. The lowest BCUT2D eigenvalue weighted by atomic mass is 9.94. The molecule has 0 bridgehead atoms. The molecule has 1 saturated carbocycles. The Morgan fingerprint density at radius 2 is 1.80 bits per heavy atom. The second-order valence-electron chi connectivity index (χ2n) is 10.3. The standard InChI is InChI=1S/C28H32N6O/c1-17-13-21-16-23(28(35)29-24(21)14-18(17)2)26(33-19(3)15-20-9-7-8-12-25(20)33)27-30-31-32-34(27)22-10-5-4-6-11-22/h7-9,12-14,16,19,22,26H,4-6,10-11,15H2,1-3H3,(H,29,35)/t19-,26-/m0/s1. The summed E-state index contributed by atoms with van der Waals surface area (Å²) in [6, 6.07) is 14.9. The van der Waals surface area contributed by atoms with Crippen LogP contribution in [0.4, 0.5) is 5.69 Å². The van der Waals surface area contributed by atoms with E-state index in [2.05, 4.69) is 88.6 Å². The first kappa shape index (κ1) is 22.0. The topological polar surface area (TPSA) is 79.7 Å². The third kappa shape index (κ3) is 3.74. The number of para-hydroxylation sites is 1. The molecule has 1 N–H and O–H groups in total. The Hall–Kier alpha value is -3.48. The molecule has 0 radical (unpaired) electrons. The first-order valence-corrected chi connectivity index (χ1v) is 12.8. The lowest BCUT2D eigenvalue weighted by Gasteiger charge is -2.34. The number of rotatable bonds is 4. The van der Waals surface area contributed by atoms with Crippen molar-refractivity contribution in [2.75, 3.05) is 4.90 Å². The van der Waals surface area contributed by atoms with Gasteiger partial charge in [0.15, 0.2) is 5.82 Å². The summed E-state index contributed by atoms with van der Waals surface area (Å²) in [5.74, 6) is 0.758. The van der Waals surface area contributed by atoms with Crippen LogP contribution in [0.2, 0.25) is 0 Å². The second kappa shape index (κ2) is 8.63. The van der Waals surface area contributed by atoms with E-state index in [-0.39, 0.29) is 23.7 Å². The van der Waals surface area contributed by atoms with E-state index in [4.69, 9.17) is 0 Å². The molecular formula is C28H32N6O. The number of aromatic amines is 1. The molecule has 0 saturated heterocycles. The van der Waals surface area contributed by atoms with Crippen molar-refractivity contribution < 1.29 is 0 Å². The number of nitrogens with zero attached hydrogens (tertiary/aromatic N) is 5. The predicted octanol–water partition coefficient (Wildman–Crippen LogP) is 5.18. The lowest BCUT2D eigenvalue weighted by molar-refractivity contribution is 0.312. The van der Waals surface area contributed by atoms with Crippen LogP contribution in [0, 0.1) is 13.8 Å². The molecule has 1 aliphatic carbocycles. The van der Waals surface area contributed by atoms with E-state index < -0.39 is 0 Å². The third-order valence-electron chi connectivity index (χ3n) is 8.00. The maximum absolute atomic E-state index is 13.7. The molecule has 0 unspecified atom stereocenters. The zero-order valence-corrected chi connectivity index (χ0v) is 20.7. The zero-order chi connectivity index (χ0) is 24.1. The third-order valence-corrected chi connectivity index (χ3v) is 8.00. The lowest BCUT2D eigenvalue weighted by Crippen LogP contribution is -2.39. The average molecular weight is 469 g/mol. The summed E-state index contributed by atoms with van der Waals surface area (Å²) in [7, 11) is 0. The van der Waals surface area contributed by atoms with Crippen molar-refractivity contribution in [3.05, 3.63) is 80.9 Å². The van der Waals surface area contributed by atoms with Gasteiger partial charge >= 0.3 is 0 Å². The zero-order valence-electron chi connectivity index (χ0n) is 20.7. The molecule has 35 heavy (non-hydrogen) atoms. The SMILES string of the molecule is Cc1cc2cc([C@@H](c3nnnn3C3CCCCC3)N3c4ccccc4C[C@@H]3C)c(=O)[nH]c2cc1C. The van der Waals surface area contributed by atoms with Crippen molar-refractivity contribution >= 4 is 16.6 Å². The van der Waals surface area contributed by atoms with Crippen molar-refractivity contribution in [3.8, 4) is 0 Å². The summed E-state index contributed by atoms with van der Waals surface area (Å²) in [6.45, 7) is 6.41. The quantitative estimate of drug-likeness (QED) is 0.447. The van der Waals surface area contributed by atoms with Gasteiger partial charge in [0.05, 0.1) is 6.04 Å². The number of aromatic nitrogens is 5. The molecule has 2 aromatic heterocycles. The van der Waals surface area contributed by atoms with E-state index in [0.717, 1.165) is 41.7 Å². The van der Waals surface area contributed by atoms with Crippen LogP contribution < -0.4 is 10.5 Å². The summed E-state index contributed by atoms with van der Waals surface area (Å²) < 4.78 is 2.02. The van der Waals surface area contributed by atoms with E-state index in [0.29, 0.717) is 5.56 Å². The largest absolute Gasteiger partial charge is 0.354 e. The van der Waals surface area contributed by atoms with Crippen LogP contribution in [-0.2, 0) is 6.42 Å². The molecule has 7 nitrogen and oxygen atoms in total. The normalized spacial score (nSPS) is 19.3. The summed E-state index contributed by atoms with van der Waals surface area (Å²) in [6.07, 6.45) is 6.71. The van der Waals surface area contributed by atoms with Gasteiger partial charge in [-0.2, -0.15) is 0 Å². The Balaban J connectivity index is 1.57. The molecule has 1 fully saturated rings. The Bertz CT molecular complexity index is 1450. The summed E-state index contributed by atoms with van der Waals surface area (Å²) in [5.41, 5.74) is 6.30. The predicted molar refractivity (Wildman–Crippen MR) is 138 cm³/mol. The van der Waals surface area contributed by atoms with E-state index in [1.807, 2.05) is 4.68 Å². The Morgan fingerprint density at radius 3 is 2.63 bits per heavy atom. The molecule has 3 heterocycles. The van der Waals surface area contributed by atoms with Crippen LogP contribution in [0.25, 0.3) is 10.9 Å². The highest BCUT2D eigenvalue weighted by molar-refractivity contribution is 5.81. The Labute approximate surface area is 205 Å². The smallest absolute Gasteiger partial charge is 0.254 e. The molecule has 0 spiro atoms. The van der Waals surface area contributed by atoms with Gasteiger partial charge in [0, 0.05) is 22.8 Å². The van der Waals surface area contributed by atoms with Crippen LogP contribution in [0.1, 0.15) is 79.2 Å². The Kier molecular flexibility index (Phi) is 5.43. The van der Waals surface area contributed by atoms with Crippen molar-refractivity contribution in [1.82, 2.24) is 25.2 Å². The van der Waals surface area contributed by atoms with Crippen LogP contribution in [-0.4, -0.2) is 31.2 Å². The highest BCUT2D eigenvalue weighted by Crippen LogP contribution is 2.41. The van der Waals surface area contributed by atoms with Gasteiger partial charge in [0.2, 0.25) is 0 Å². The number of pyridine rings is 1. The van der Waals surface area contributed by atoms with E-state index in [1.54, 1.807) is 0 Å². The van der Waals surface area contributed by atoms with E-state index in [1.165, 1.54) is 36.0 Å². The number of hydrogen-bond acceptors (Lipinski definition) is 5. The number of benzene rings is 2. The molecule has 180 valence electrons. The fourth-order valence-electron chi connectivity index (χ4n) is 6.06. The summed E-state index contributed by atoms with van der Waals surface area (Å²) >= 11 is 0. The number of H-pyrrole nitrogens is 1. The maximum Gasteiger partial charge on any atom is 0.254 e. The van der Waals surface area contributed by atoms with Gasteiger partial charge in [-0.3, -0.25) is 4.79 Å². The van der Waals surface area contributed by atoms with Crippen molar-refractivity contribution in [3.63, 3.8) is 0 Å². The fraction of sp³-hybridized carbons (Fsp3) is 0.429. The molecule has 2 aromatic carbocycles. The van der Waals surface area contributed by atoms with Gasteiger partial charge < -0.3 is 9.88 Å². The summed E-state index contributed by atoms with van der Waals surface area (Å²) in [4.78, 5) is 19.2. The number of anilines is 1. The minimum Gasteiger partial charge on any atom is -0.354 e. The first-order valence-electron chi connectivity index (χ1n) is 12.8. The number of fused-ring (bicyclic) bond motifs is 2. The molecule has 2 atom stereocenters. The highest BCUT2D eigenvalue weighted by atomic mass is 16.1. The van der Waals surface area contributed by atoms with Gasteiger partial charge in [-0.1, -0.05) is 37.5 Å². The van der Waals surface area contributed by atoms with Crippen LogP contribution in [0.15, 0.2) is 47.3 Å². The molecule has 0 amide bonds. The number of aryl methyl sites for hydroxylation is 2. The van der Waals surface area contributed by atoms with Gasteiger partial charge in [-0.25, -0.2) is 4.68 Å².